The molecular weight excluding hydrogens is 170 g/mol. The summed E-state index contributed by atoms with van der Waals surface area (Å²) in [5, 5.41) is 0. The number of benzene rings is 1. The van der Waals surface area contributed by atoms with Gasteiger partial charge in [-0.1, -0.05) is 42.5 Å². The first-order valence-corrected chi connectivity index (χ1v) is 4.66. The number of aryl methyl sites for hydroxylation is 1. The van der Waals surface area contributed by atoms with Crippen molar-refractivity contribution >= 4 is 11.9 Å². The predicted molar refractivity (Wildman–Crippen MR) is 63.5 cm³/mol. The average Bonchev–Trinajstić information content (AvgIpc) is 2.19. The summed E-state index contributed by atoms with van der Waals surface area (Å²) in [6.45, 7) is 7.66. The smallest absolute Gasteiger partial charge is 0.0697 e. The second-order valence-electron chi connectivity index (χ2n) is 3.04. The van der Waals surface area contributed by atoms with E-state index < -0.39 is 0 Å². The minimum atomic E-state index is 0.947. The van der Waals surface area contributed by atoms with Crippen LogP contribution in [0.1, 0.15) is 18.1 Å². The molecule has 1 aromatic carbocycles. The molecule has 14 heavy (non-hydrogen) atoms. The molecule has 0 spiro atoms. The van der Waals surface area contributed by atoms with Crippen LogP contribution >= 0.6 is 0 Å². The van der Waals surface area contributed by atoms with Gasteiger partial charge in [0.1, 0.15) is 0 Å². The number of hydrogen-bond donors (Lipinski definition) is 0. The Hall–Kier alpha value is -1.63. The molecule has 0 aliphatic rings. The van der Waals surface area contributed by atoms with Crippen molar-refractivity contribution in [2.45, 2.75) is 13.8 Å². The lowest BCUT2D eigenvalue weighted by Gasteiger charge is -2.01. The third kappa shape index (κ3) is 2.70. The lowest BCUT2D eigenvalue weighted by molar-refractivity contribution is 1.43. The molecule has 0 saturated carbocycles. The summed E-state index contributed by atoms with van der Waals surface area (Å²) in [5.74, 6) is 0. The van der Waals surface area contributed by atoms with Crippen LogP contribution in [0.4, 0.5) is 0 Å². The molecule has 0 amide bonds. The molecule has 0 aromatic heterocycles. The summed E-state index contributed by atoms with van der Waals surface area (Å²) >= 11 is 0. The van der Waals surface area contributed by atoms with Crippen molar-refractivity contribution in [1.82, 2.24) is 0 Å². The molecule has 1 heteroatoms. The van der Waals surface area contributed by atoms with Crippen molar-refractivity contribution in [2.75, 3.05) is 0 Å². The van der Waals surface area contributed by atoms with Crippen molar-refractivity contribution < 1.29 is 0 Å². The van der Waals surface area contributed by atoms with Crippen molar-refractivity contribution in [2.24, 2.45) is 4.99 Å². The van der Waals surface area contributed by atoms with Crippen molar-refractivity contribution in [3.05, 3.63) is 54.1 Å². The van der Waals surface area contributed by atoms with Crippen LogP contribution < -0.4 is 0 Å². The van der Waals surface area contributed by atoms with Crippen LogP contribution in [0.2, 0.25) is 0 Å². The molecule has 0 aliphatic heterocycles. The number of nitrogens with zero attached hydrogens (tertiary/aromatic N) is 1. The van der Waals surface area contributed by atoms with E-state index in [4.69, 9.17) is 0 Å². The molecule has 0 fully saturated rings. The summed E-state index contributed by atoms with van der Waals surface area (Å²) in [6.07, 6.45) is 5.45. The average molecular weight is 185 g/mol. The minimum Gasteiger partial charge on any atom is -0.261 e. The minimum absolute atomic E-state index is 0.947. The zero-order valence-electron chi connectivity index (χ0n) is 8.70. The summed E-state index contributed by atoms with van der Waals surface area (Å²) in [6, 6.07) is 8.30. The lowest BCUT2D eigenvalue weighted by atomic mass is 10.1. The van der Waals surface area contributed by atoms with E-state index in [9.17, 15) is 0 Å². The Morgan fingerprint density at radius 2 is 1.93 bits per heavy atom. The molecule has 1 aromatic rings. The fourth-order valence-electron chi connectivity index (χ4n) is 1.19. The predicted octanol–water partition coefficient (Wildman–Crippen LogP) is 3.61. The Kier molecular flexibility index (Phi) is 3.86. The van der Waals surface area contributed by atoms with E-state index in [1.807, 2.05) is 13.0 Å². The van der Waals surface area contributed by atoms with Gasteiger partial charge in [-0.3, -0.25) is 4.99 Å². The standard InChI is InChI=1S/C13H15N/c1-4-6-13(14-5-2)12-9-7-11(3)8-10-12/h4-10H,1H2,2-3H3/b13-6-,14-5?. The molecule has 0 atom stereocenters. The van der Waals surface area contributed by atoms with E-state index in [1.54, 1.807) is 12.3 Å². The van der Waals surface area contributed by atoms with Gasteiger partial charge in [0, 0.05) is 11.8 Å². The Morgan fingerprint density at radius 1 is 1.29 bits per heavy atom. The maximum atomic E-state index is 4.28. The van der Waals surface area contributed by atoms with Gasteiger partial charge in [-0.15, -0.1) is 0 Å². The number of aliphatic imine (C=N–C) groups is 1. The number of rotatable bonds is 3. The molecule has 0 heterocycles. The highest BCUT2D eigenvalue weighted by molar-refractivity contribution is 5.73. The van der Waals surface area contributed by atoms with Gasteiger partial charge in [-0.05, 0) is 19.9 Å². The molecule has 1 rings (SSSR count). The molecule has 0 radical (unpaired) electrons. The van der Waals surface area contributed by atoms with Gasteiger partial charge >= 0.3 is 0 Å². The van der Waals surface area contributed by atoms with E-state index in [1.165, 1.54) is 5.56 Å². The van der Waals surface area contributed by atoms with Gasteiger partial charge < -0.3 is 0 Å². The highest BCUT2D eigenvalue weighted by Crippen LogP contribution is 2.16. The molecule has 0 bridgehead atoms. The summed E-state index contributed by atoms with van der Waals surface area (Å²) in [5.41, 5.74) is 3.32. The lowest BCUT2D eigenvalue weighted by Crippen LogP contribution is -1.81. The van der Waals surface area contributed by atoms with Gasteiger partial charge in [0.25, 0.3) is 0 Å². The third-order valence-corrected chi connectivity index (χ3v) is 1.89. The van der Waals surface area contributed by atoms with E-state index in [2.05, 4.69) is 42.8 Å². The van der Waals surface area contributed by atoms with Gasteiger partial charge in [-0.2, -0.15) is 0 Å². The molecule has 0 saturated heterocycles. The largest absolute Gasteiger partial charge is 0.261 e. The Morgan fingerprint density at radius 3 is 2.43 bits per heavy atom. The normalized spacial score (nSPS) is 12.0. The fourth-order valence-corrected chi connectivity index (χ4v) is 1.19. The van der Waals surface area contributed by atoms with Crippen LogP contribution in [0.3, 0.4) is 0 Å². The molecule has 72 valence electrons. The van der Waals surface area contributed by atoms with Crippen molar-refractivity contribution in [3.8, 4) is 0 Å². The number of hydrogen-bond acceptors (Lipinski definition) is 1. The van der Waals surface area contributed by atoms with Crippen molar-refractivity contribution in [1.29, 1.82) is 0 Å². The van der Waals surface area contributed by atoms with E-state index in [0.29, 0.717) is 0 Å². The zero-order valence-corrected chi connectivity index (χ0v) is 8.70. The SMILES string of the molecule is C=C/C=C(\N=CC)c1ccc(C)cc1. The van der Waals surface area contributed by atoms with Gasteiger partial charge in [0.05, 0.1) is 5.70 Å². The van der Waals surface area contributed by atoms with Crippen molar-refractivity contribution in [3.63, 3.8) is 0 Å². The zero-order chi connectivity index (χ0) is 10.4. The van der Waals surface area contributed by atoms with Gasteiger partial charge in [0.15, 0.2) is 0 Å². The third-order valence-electron chi connectivity index (χ3n) is 1.89. The quantitative estimate of drug-likeness (QED) is 0.504. The Bertz CT molecular complexity index is 355. The van der Waals surface area contributed by atoms with Gasteiger partial charge in [-0.25, -0.2) is 0 Å². The monoisotopic (exact) mass is 185 g/mol. The van der Waals surface area contributed by atoms with Crippen LogP contribution in [0.5, 0.6) is 0 Å². The van der Waals surface area contributed by atoms with Crippen LogP contribution in [-0.4, -0.2) is 6.21 Å². The van der Waals surface area contributed by atoms with E-state index in [0.717, 1.165) is 11.3 Å². The first-order chi connectivity index (χ1) is 6.77. The van der Waals surface area contributed by atoms with Crippen LogP contribution in [0.15, 0.2) is 48.0 Å². The molecule has 0 aliphatic carbocycles. The van der Waals surface area contributed by atoms with Crippen LogP contribution in [0.25, 0.3) is 5.70 Å². The first kappa shape index (κ1) is 10.5. The highest BCUT2D eigenvalue weighted by atomic mass is 14.7. The van der Waals surface area contributed by atoms with E-state index in [-0.39, 0.29) is 0 Å². The fraction of sp³-hybridized carbons (Fsp3) is 0.154. The highest BCUT2D eigenvalue weighted by Gasteiger charge is 1.96. The summed E-state index contributed by atoms with van der Waals surface area (Å²) in [4.78, 5) is 4.28. The second-order valence-corrected chi connectivity index (χ2v) is 3.04. The van der Waals surface area contributed by atoms with Crippen LogP contribution in [-0.2, 0) is 0 Å². The number of allylic oxidation sites excluding steroid dienone is 2. The molecule has 0 unspecified atom stereocenters. The van der Waals surface area contributed by atoms with Gasteiger partial charge in [0.2, 0.25) is 0 Å². The Balaban J connectivity index is 3.05. The first-order valence-electron chi connectivity index (χ1n) is 4.66. The molecule has 0 N–H and O–H groups in total. The van der Waals surface area contributed by atoms with E-state index >= 15 is 0 Å². The maximum absolute atomic E-state index is 4.28. The Labute approximate surface area is 85.5 Å². The molecular formula is C13H15N. The van der Waals surface area contributed by atoms with Crippen LogP contribution in [0, 0.1) is 6.92 Å². The second kappa shape index (κ2) is 5.18. The summed E-state index contributed by atoms with van der Waals surface area (Å²) < 4.78 is 0. The maximum Gasteiger partial charge on any atom is 0.0697 e. The topological polar surface area (TPSA) is 12.4 Å². The molecule has 1 nitrogen and oxygen atoms in total. The summed E-state index contributed by atoms with van der Waals surface area (Å²) in [7, 11) is 0.